The van der Waals surface area contributed by atoms with Gasteiger partial charge in [0.2, 0.25) is 0 Å². The molecule has 2 fully saturated rings. The number of hydrogen-bond donors (Lipinski definition) is 1. The maximum absolute atomic E-state index is 13.6. The Bertz CT molecular complexity index is 1700. The molecule has 1 aromatic heterocycles. The van der Waals surface area contributed by atoms with Crippen molar-refractivity contribution in [1.82, 2.24) is 24.9 Å². The third-order valence-corrected chi connectivity index (χ3v) is 9.70. The van der Waals surface area contributed by atoms with Gasteiger partial charge in [0, 0.05) is 12.6 Å². The second-order valence-corrected chi connectivity index (χ2v) is 14.0. The van der Waals surface area contributed by atoms with E-state index >= 15 is 0 Å². The molecule has 49 heavy (non-hydrogen) atoms. The van der Waals surface area contributed by atoms with Crippen LogP contribution in [0.5, 0.6) is 0 Å². The Morgan fingerprint density at radius 2 is 1.41 bits per heavy atom. The molecule has 1 atom stereocenters. The number of aromatic nitrogens is 2. The van der Waals surface area contributed by atoms with Crippen molar-refractivity contribution in [3.05, 3.63) is 88.2 Å². The topological polar surface area (TPSA) is 132 Å². The lowest BCUT2D eigenvalue weighted by Gasteiger charge is -2.36. The van der Waals surface area contributed by atoms with Gasteiger partial charge in [-0.05, 0) is 95.8 Å². The van der Waals surface area contributed by atoms with Crippen LogP contribution in [0.25, 0.3) is 0 Å². The van der Waals surface area contributed by atoms with Crippen molar-refractivity contribution in [2.75, 3.05) is 28.3 Å². The van der Waals surface area contributed by atoms with E-state index in [0.717, 1.165) is 18.4 Å². The third kappa shape index (κ3) is 7.34. The van der Waals surface area contributed by atoms with Crippen molar-refractivity contribution in [3.63, 3.8) is 0 Å². The Morgan fingerprint density at radius 3 is 1.86 bits per heavy atom. The normalized spacial score (nSPS) is 18.2. The molecule has 2 aliphatic carbocycles. The summed E-state index contributed by atoms with van der Waals surface area (Å²) in [4.78, 5) is 52.8. The number of carbonyl (C=O) groups excluding carboxylic acids is 4. The monoisotopic (exact) mass is 673 g/mol. The number of hydrogen-bond acceptors (Lipinski definition) is 9. The second-order valence-electron chi connectivity index (χ2n) is 14.0. The Hall–Kier alpha value is -4.71. The summed E-state index contributed by atoms with van der Waals surface area (Å²) in [6.45, 7) is 8.19. The van der Waals surface area contributed by atoms with Crippen molar-refractivity contribution in [3.8, 4) is 0 Å². The van der Waals surface area contributed by atoms with Crippen LogP contribution in [0.2, 0.25) is 0 Å². The SMILES string of the molecule is CNC1(c2ccc(C(=O)OC)cc2)CC1.COC(=O)c1ccc(C2(N(C)C(=O)c3cnn4c3CN(C(=O)OC(C)(C)C)C(C)C4)CC2)cc1. The highest BCUT2D eigenvalue weighted by atomic mass is 16.6. The maximum Gasteiger partial charge on any atom is 0.410 e. The zero-order valence-electron chi connectivity index (χ0n) is 29.7. The van der Waals surface area contributed by atoms with Crippen LogP contribution in [0.1, 0.15) is 101 Å². The molecular formula is C37H47N5O7. The average Bonchev–Trinajstić information content (AvgIpc) is 4.03. The standard InChI is InChI=1S/C25H32N4O5.C12H15NO2/c1-16-14-29-20(15-28(16)23(32)34-24(2,3)4)19(13-26-29)21(30)27(5)25(11-12-25)18-9-7-17(8-10-18)22(31)33-6;1-13-12(7-8-12)10-5-3-9(4-6-10)11(14)15-2/h7-10,13,16H,11-12,14-15H2,1-6H3;3-6,13H,7-8H2,1-2H3. The largest absolute Gasteiger partial charge is 0.465 e. The van der Waals surface area contributed by atoms with Gasteiger partial charge < -0.3 is 24.4 Å². The van der Waals surface area contributed by atoms with Gasteiger partial charge in [0.25, 0.3) is 5.91 Å². The highest BCUT2D eigenvalue weighted by Gasteiger charge is 2.51. The van der Waals surface area contributed by atoms with E-state index in [0.29, 0.717) is 28.9 Å². The number of esters is 2. The number of fused-ring (bicyclic) bond motifs is 1. The first-order valence-electron chi connectivity index (χ1n) is 16.6. The summed E-state index contributed by atoms with van der Waals surface area (Å²) < 4.78 is 16.8. The molecule has 0 saturated heterocycles. The number of amides is 2. The van der Waals surface area contributed by atoms with Gasteiger partial charge in [0.05, 0.1) is 67.5 Å². The van der Waals surface area contributed by atoms with Gasteiger partial charge in [-0.15, -0.1) is 0 Å². The van der Waals surface area contributed by atoms with Crippen molar-refractivity contribution in [2.24, 2.45) is 0 Å². The summed E-state index contributed by atoms with van der Waals surface area (Å²) in [5.74, 6) is -0.818. The first kappa shape index (κ1) is 35.6. The minimum absolute atomic E-state index is 0.106. The highest BCUT2D eigenvalue weighted by molar-refractivity contribution is 5.96. The van der Waals surface area contributed by atoms with Crippen molar-refractivity contribution < 1.29 is 33.4 Å². The van der Waals surface area contributed by atoms with E-state index in [9.17, 15) is 19.2 Å². The zero-order chi connectivity index (χ0) is 35.7. The van der Waals surface area contributed by atoms with Gasteiger partial charge in [-0.3, -0.25) is 14.4 Å². The zero-order valence-corrected chi connectivity index (χ0v) is 29.7. The molecule has 12 nitrogen and oxygen atoms in total. The van der Waals surface area contributed by atoms with Crippen LogP contribution >= 0.6 is 0 Å². The molecule has 1 N–H and O–H groups in total. The Kier molecular flexibility index (Phi) is 9.92. The lowest BCUT2D eigenvalue weighted by atomic mass is 10.0. The van der Waals surface area contributed by atoms with E-state index in [2.05, 4.69) is 15.2 Å². The van der Waals surface area contributed by atoms with E-state index in [4.69, 9.17) is 9.47 Å². The predicted molar refractivity (Wildman–Crippen MR) is 182 cm³/mol. The maximum atomic E-state index is 13.6. The van der Waals surface area contributed by atoms with E-state index in [1.165, 1.54) is 32.6 Å². The molecule has 2 amide bonds. The fourth-order valence-corrected chi connectivity index (χ4v) is 6.34. The smallest absolute Gasteiger partial charge is 0.410 e. The lowest BCUT2D eigenvalue weighted by molar-refractivity contribution is 0.00879. The molecule has 6 rings (SSSR count). The average molecular weight is 674 g/mol. The van der Waals surface area contributed by atoms with Gasteiger partial charge in [0.15, 0.2) is 0 Å². The van der Waals surface area contributed by atoms with Gasteiger partial charge in [-0.1, -0.05) is 24.3 Å². The molecule has 1 unspecified atom stereocenters. The molecule has 3 aromatic rings. The number of carbonyl (C=O) groups is 4. The van der Waals surface area contributed by atoms with Crippen molar-refractivity contribution >= 4 is 23.9 Å². The number of ether oxygens (including phenoxy) is 3. The number of benzene rings is 2. The molecule has 0 spiro atoms. The minimum atomic E-state index is -0.602. The predicted octanol–water partition coefficient (Wildman–Crippen LogP) is 5.25. The van der Waals surface area contributed by atoms with Crippen LogP contribution in [-0.4, -0.2) is 83.5 Å². The second kappa shape index (κ2) is 13.7. The van der Waals surface area contributed by atoms with Crippen LogP contribution in [0.15, 0.2) is 54.7 Å². The fraction of sp³-hybridized carbons (Fsp3) is 0.486. The molecular weight excluding hydrogens is 626 g/mol. The first-order chi connectivity index (χ1) is 23.2. The molecule has 0 radical (unpaired) electrons. The van der Waals surface area contributed by atoms with Crippen LogP contribution < -0.4 is 5.32 Å². The molecule has 2 heterocycles. The van der Waals surface area contributed by atoms with Crippen molar-refractivity contribution in [2.45, 2.75) is 89.2 Å². The Labute approximate surface area is 287 Å². The molecule has 3 aliphatic rings. The summed E-state index contributed by atoms with van der Waals surface area (Å²) in [5.41, 5.74) is 3.62. The summed E-state index contributed by atoms with van der Waals surface area (Å²) in [6, 6.07) is 14.7. The lowest BCUT2D eigenvalue weighted by Crippen LogP contribution is -2.47. The molecule has 2 aromatic carbocycles. The summed E-state index contributed by atoms with van der Waals surface area (Å²) in [5, 5.41) is 7.75. The molecule has 262 valence electrons. The van der Waals surface area contributed by atoms with Gasteiger partial charge >= 0.3 is 18.0 Å². The minimum Gasteiger partial charge on any atom is -0.465 e. The van der Waals surface area contributed by atoms with Crippen molar-refractivity contribution in [1.29, 1.82) is 0 Å². The highest BCUT2D eigenvalue weighted by Crippen LogP contribution is 2.51. The van der Waals surface area contributed by atoms with Crippen LogP contribution in [0.3, 0.4) is 0 Å². The summed E-state index contributed by atoms with van der Waals surface area (Å²) >= 11 is 0. The summed E-state index contributed by atoms with van der Waals surface area (Å²) in [6.07, 6.45) is 5.19. The van der Waals surface area contributed by atoms with E-state index in [-0.39, 0.29) is 30.0 Å². The first-order valence-corrected chi connectivity index (χ1v) is 16.6. The molecule has 1 aliphatic heterocycles. The quantitative estimate of drug-likeness (QED) is 0.264. The fourth-order valence-electron chi connectivity index (χ4n) is 6.34. The third-order valence-electron chi connectivity index (χ3n) is 9.70. The number of methoxy groups -OCH3 is 2. The molecule has 0 bridgehead atoms. The number of rotatable bonds is 7. The molecule has 2 saturated carbocycles. The molecule has 12 heteroatoms. The Morgan fingerprint density at radius 1 is 0.878 bits per heavy atom. The van der Waals surface area contributed by atoms with Crippen LogP contribution in [-0.2, 0) is 38.4 Å². The van der Waals surface area contributed by atoms with E-state index < -0.39 is 23.2 Å². The van der Waals surface area contributed by atoms with E-state index in [1.54, 1.807) is 39.9 Å². The summed E-state index contributed by atoms with van der Waals surface area (Å²) in [7, 11) is 6.51. The number of nitrogens with zero attached hydrogens (tertiary/aromatic N) is 4. The van der Waals surface area contributed by atoms with Gasteiger partial charge in [-0.25, -0.2) is 14.4 Å². The van der Waals surface area contributed by atoms with Crippen LogP contribution in [0.4, 0.5) is 4.79 Å². The van der Waals surface area contributed by atoms with Gasteiger partial charge in [0.1, 0.15) is 5.60 Å². The van der Waals surface area contributed by atoms with Crippen LogP contribution in [0, 0.1) is 0 Å². The Balaban J connectivity index is 0.000000259. The van der Waals surface area contributed by atoms with E-state index in [1.807, 2.05) is 71.1 Å². The number of nitrogens with one attached hydrogen (secondary N) is 1. The van der Waals surface area contributed by atoms with Gasteiger partial charge in [-0.2, -0.15) is 5.10 Å².